The van der Waals surface area contributed by atoms with Crippen LogP contribution in [-0.4, -0.2) is 11.5 Å². The van der Waals surface area contributed by atoms with Gasteiger partial charge in [-0.3, -0.25) is 10.1 Å². The molecule has 16 heavy (non-hydrogen) atoms. The van der Waals surface area contributed by atoms with E-state index >= 15 is 0 Å². The summed E-state index contributed by atoms with van der Waals surface area (Å²) in [5.74, 6) is 0. The fourth-order valence-corrected chi connectivity index (χ4v) is 1.19. The first kappa shape index (κ1) is 12.0. The molecule has 0 radical (unpaired) electrons. The van der Waals surface area contributed by atoms with Crippen LogP contribution in [0.2, 0.25) is 0 Å². The maximum Gasteiger partial charge on any atom is 0.234 e. The van der Waals surface area contributed by atoms with E-state index in [1.807, 2.05) is 18.2 Å². The number of rotatable bonds is 6. The molecule has 4 nitrogen and oxygen atoms in total. The van der Waals surface area contributed by atoms with Crippen LogP contribution in [0.3, 0.4) is 0 Å². The van der Waals surface area contributed by atoms with Gasteiger partial charge in [0, 0.05) is 12.6 Å². The van der Waals surface area contributed by atoms with Crippen LogP contribution in [0.1, 0.15) is 5.56 Å². The van der Waals surface area contributed by atoms with Crippen LogP contribution < -0.4 is 5.32 Å². The van der Waals surface area contributed by atoms with Gasteiger partial charge in [0.15, 0.2) is 0 Å². The SMILES string of the molecule is O=[N+]([O-])/C=C/C=C/NCCc1ccccc1. The number of nitrogens with one attached hydrogen (secondary N) is 1. The van der Waals surface area contributed by atoms with Gasteiger partial charge in [0.25, 0.3) is 0 Å². The van der Waals surface area contributed by atoms with Gasteiger partial charge in [0.1, 0.15) is 0 Å². The Morgan fingerprint density at radius 3 is 2.69 bits per heavy atom. The zero-order valence-electron chi connectivity index (χ0n) is 8.87. The quantitative estimate of drug-likeness (QED) is 0.344. The van der Waals surface area contributed by atoms with Crippen molar-refractivity contribution in [3.8, 4) is 0 Å². The highest BCUT2D eigenvalue weighted by Gasteiger charge is 1.88. The van der Waals surface area contributed by atoms with Gasteiger partial charge in [-0.1, -0.05) is 30.3 Å². The highest BCUT2D eigenvalue weighted by molar-refractivity contribution is 5.14. The van der Waals surface area contributed by atoms with Crippen molar-refractivity contribution in [2.24, 2.45) is 0 Å². The van der Waals surface area contributed by atoms with Crippen LogP contribution >= 0.6 is 0 Å². The normalized spacial score (nSPS) is 11.0. The third-order valence-electron chi connectivity index (χ3n) is 1.93. The molecule has 0 aliphatic heterocycles. The zero-order chi connectivity index (χ0) is 11.6. The molecule has 1 aromatic rings. The summed E-state index contributed by atoms with van der Waals surface area (Å²) < 4.78 is 0. The summed E-state index contributed by atoms with van der Waals surface area (Å²) in [7, 11) is 0. The van der Waals surface area contributed by atoms with Crippen molar-refractivity contribution in [2.45, 2.75) is 6.42 Å². The van der Waals surface area contributed by atoms with Crippen LogP contribution in [0, 0.1) is 10.1 Å². The first-order valence-electron chi connectivity index (χ1n) is 5.03. The number of hydrogen-bond donors (Lipinski definition) is 1. The van der Waals surface area contributed by atoms with Crippen LogP contribution in [0.5, 0.6) is 0 Å². The van der Waals surface area contributed by atoms with E-state index in [9.17, 15) is 10.1 Å². The summed E-state index contributed by atoms with van der Waals surface area (Å²) in [5, 5.41) is 13.0. The van der Waals surface area contributed by atoms with Crippen molar-refractivity contribution in [1.29, 1.82) is 0 Å². The third-order valence-corrected chi connectivity index (χ3v) is 1.93. The Balaban J connectivity index is 2.15. The van der Waals surface area contributed by atoms with Crippen molar-refractivity contribution in [1.82, 2.24) is 5.32 Å². The Morgan fingerprint density at radius 1 is 1.25 bits per heavy atom. The molecule has 1 aromatic carbocycles. The van der Waals surface area contributed by atoms with Gasteiger partial charge in [-0.2, -0.15) is 0 Å². The van der Waals surface area contributed by atoms with Gasteiger partial charge in [-0.25, -0.2) is 0 Å². The van der Waals surface area contributed by atoms with E-state index in [1.54, 1.807) is 12.3 Å². The molecule has 0 saturated heterocycles. The first-order valence-corrected chi connectivity index (χ1v) is 5.03. The fraction of sp³-hybridized carbons (Fsp3) is 0.167. The smallest absolute Gasteiger partial charge is 0.234 e. The molecule has 0 spiro atoms. The topological polar surface area (TPSA) is 55.2 Å². The number of allylic oxidation sites excluding steroid dienone is 2. The lowest BCUT2D eigenvalue weighted by Gasteiger charge is -2.00. The van der Waals surface area contributed by atoms with Crippen molar-refractivity contribution in [3.63, 3.8) is 0 Å². The van der Waals surface area contributed by atoms with Crippen LogP contribution in [0.15, 0.2) is 54.9 Å². The molecule has 0 saturated carbocycles. The number of benzene rings is 1. The number of hydrogen-bond acceptors (Lipinski definition) is 3. The van der Waals surface area contributed by atoms with E-state index in [1.165, 1.54) is 11.6 Å². The molecular weight excluding hydrogens is 204 g/mol. The molecule has 0 aliphatic rings. The van der Waals surface area contributed by atoms with Crippen molar-refractivity contribution in [2.75, 3.05) is 6.54 Å². The molecule has 1 N–H and O–H groups in total. The highest BCUT2D eigenvalue weighted by Crippen LogP contribution is 1.97. The van der Waals surface area contributed by atoms with E-state index in [-0.39, 0.29) is 0 Å². The second-order valence-corrected chi connectivity index (χ2v) is 3.18. The molecule has 4 heteroatoms. The number of nitro groups is 1. The molecule has 0 atom stereocenters. The minimum Gasteiger partial charge on any atom is -0.391 e. The van der Waals surface area contributed by atoms with Gasteiger partial charge in [-0.05, 0) is 24.3 Å². The van der Waals surface area contributed by atoms with Gasteiger partial charge >= 0.3 is 0 Å². The van der Waals surface area contributed by atoms with Crippen LogP contribution in [0.25, 0.3) is 0 Å². The number of nitrogens with zero attached hydrogens (tertiary/aromatic N) is 1. The van der Waals surface area contributed by atoms with Gasteiger partial charge in [0.05, 0.1) is 4.92 Å². The lowest BCUT2D eigenvalue weighted by atomic mass is 10.1. The van der Waals surface area contributed by atoms with Crippen LogP contribution in [0.4, 0.5) is 0 Å². The predicted molar refractivity (Wildman–Crippen MR) is 63.4 cm³/mol. The molecule has 84 valence electrons. The Bertz CT molecular complexity index is 372. The Hall–Kier alpha value is -2.10. The Kier molecular flexibility index (Phi) is 5.41. The average Bonchev–Trinajstić information content (AvgIpc) is 2.29. The fourth-order valence-electron chi connectivity index (χ4n) is 1.19. The maximum atomic E-state index is 9.94. The lowest BCUT2D eigenvalue weighted by Crippen LogP contribution is -2.09. The molecule has 0 fully saturated rings. The predicted octanol–water partition coefficient (Wildman–Crippen LogP) is 2.12. The van der Waals surface area contributed by atoms with E-state index in [0.717, 1.165) is 19.2 Å². The largest absolute Gasteiger partial charge is 0.391 e. The standard InChI is InChI=1S/C12H14N2O2/c15-14(16)11-5-4-9-13-10-8-12-6-2-1-3-7-12/h1-7,9,11,13H,8,10H2/b9-4+,11-5+. The van der Waals surface area contributed by atoms with Crippen molar-refractivity contribution < 1.29 is 4.92 Å². The van der Waals surface area contributed by atoms with Gasteiger partial charge < -0.3 is 5.32 Å². The Morgan fingerprint density at radius 2 is 2.00 bits per heavy atom. The highest BCUT2D eigenvalue weighted by atomic mass is 16.6. The summed E-state index contributed by atoms with van der Waals surface area (Å²) in [5.41, 5.74) is 1.27. The van der Waals surface area contributed by atoms with E-state index < -0.39 is 4.92 Å². The van der Waals surface area contributed by atoms with Gasteiger partial charge in [0.2, 0.25) is 6.20 Å². The summed E-state index contributed by atoms with van der Waals surface area (Å²) in [4.78, 5) is 9.45. The van der Waals surface area contributed by atoms with Crippen LogP contribution in [-0.2, 0) is 6.42 Å². The average molecular weight is 218 g/mol. The summed E-state index contributed by atoms with van der Waals surface area (Å²) in [6, 6.07) is 10.1. The zero-order valence-corrected chi connectivity index (χ0v) is 8.87. The minimum absolute atomic E-state index is 0.492. The summed E-state index contributed by atoms with van der Waals surface area (Å²) >= 11 is 0. The third kappa shape index (κ3) is 5.59. The lowest BCUT2D eigenvalue weighted by molar-refractivity contribution is -0.402. The maximum absolute atomic E-state index is 9.94. The monoisotopic (exact) mass is 218 g/mol. The molecule has 0 aromatic heterocycles. The molecule has 0 amide bonds. The molecule has 0 aliphatic carbocycles. The summed E-state index contributed by atoms with van der Waals surface area (Å²) in [6.07, 6.45) is 6.52. The molecule has 0 heterocycles. The molecule has 0 unspecified atom stereocenters. The molecular formula is C12H14N2O2. The van der Waals surface area contributed by atoms with Gasteiger partial charge in [-0.15, -0.1) is 0 Å². The van der Waals surface area contributed by atoms with Crippen molar-refractivity contribution >= 4 is 0 Å². The van der Waals surface area contributed by atoms with E-state index in [0.29, 0.717) is 0 Å². The molecule has 1 rings (SSSR count). The minimum atomic E-state index is -0.492. The second-order valence-electron chi connectivity index (χ2n) is 3.18. The molecule has 0 bridgehead atoms. The Labute approximate surface area is 94.4 Å². The van der Waals surface area contributed by atoms with E-state index in [4.69, 9.17) is 0 Å². The van der Waals surface area contributed by atoms with E-state index in [2.05, 4.69) is 17.4 Å². The first-order chi connectivity index (χ1) is 7.79. The second kappa shape index (κ2) is 7.23. The summed E-state index contributed by atoms with van der Waals surface area (Å²) in [6.45, 7) is 0.812. The van der Waals surface area contributed by atoms with Crippen molar-refractivity contribution in [3.05, 3.63) is 70.6 Å².